The van der Waals surface area contributed by atoms with Crippen LogP contribution in [0, 0.1) is 6.92 Å². The minimum atomic E-state index is -0.122. The molecular formula is C25H19N3OS. The Morgan fingerprint density at radius 1 is 0.967 bits per heavy atom. The maximum Gasteiger partial charge on any atom is 0.255 e. The molecule has 0 aliphatic heterocycles. The summed E-state index contributed by atoms with van der Waals surface area (Å²) in [5, 5.41) is 5.10. The number of aryl methyl sites for hydroxylation is 1. The number of anilines is 1. The first-order valence-electron chi connectivity index (χ1n) is 9.67. The molecule has 0 saturated carbocycles. The van der Waals surface area contributed by atoms with Gasteiger partial charge in [-0.2, -0.15) is 0 Å². The van der Waals surface area contributed by atoms with Crippen molar-refractivity contribution in [2.75, 3.05) is 5.32 Å². The van der Waals surface area contributed by atoms with Gasteiger partial charge in [0.2, 0.25) is 0 Å². The number of fused-ring (bicyclic) bond motifs is 1. The van der Waals surface area contributed by atoms with E-state index >= 15 is 0 Å². The number of nitrogens with one attached hydrogen (secondary N) is 1. The lowest BCUT2D eigenvalue weighted by atomic mass is 10.1. The first-order chi connectivity index (χ1) is 14.7. The van der Waals surface area contributed by atoms with Gasteiger partial charge in [0.25, 0.3) is 5.91 Å². The lowest BCUT2D eigenvalue weighted by Crippen LogP contribution is -2.12. The summed E-state index contributed by atoms with van der Waals surface area (Å²) in [6, 6.07) is 23.7. The second-order valence-electron chi connectivity index (χ2n) is 7.13. The molecular weight excluding hydrogens is 390 g/mol. The predicted octanol–water partition coefficient (Wildman–Crippen LogP) is 6.29. The Balaban J connectivity index is 1.40. The number of carbonyl (C=O) groups excluding carboxylic acids is 1. The highest BCUT2D eigenvalue weighted by Crippen LogP contribution is 2.27. The van der Waals surface area contributed by atoms with E-state index in [0.717, 1.165) is 33.7 Å². The third kappa shape index (κ3) is 3.51. The van der Waals surface area contributed by atoms with Crippen molar-refractivity contribution in [1.29, 1.82) is 0 Å². The number of imidazole rings is 1. The van der Waals surface area contributed by atoms with E-state index in [1.165, 1.54) is 4.88 Å². The zero-order valence-electron chi connectivity index (χ0n) is 16.4. The molecule has 0 atom stereocenters. The molecule has 0 unspecified atom stereocenters. The first-order valence-corrected chi connectivity index (χ1v) is 10.6. The summed E-state index contributed by atoms with van der Waals surface area (Å²) < 4.78 is 1.99. The zero-order chi connectivity index (χ0) is 20.5. The molecule has 5 rings (SSSR count). The summed E-state index contributed by atoms with van der Waals surface area (Å²) in [5.74, 6) is -0.122. The number of nitrogens with zero attached hydrogens (tertiary/aromatic N) is 2. The number of pyridine rings is 1. The lowest BCUT2D eigenvalue weighted by Gasteiger charge is -2.10. The third-order valence-electron chi connectivity index (χ3n) is 5.10. The van der Waals surface area contributed by atoms with Crippen LogP contribution in [-0.4, -0.2) is 15.3 Å². The Kier molecular flexibility index (Phi) is 4.65. The van der Waals surface area contributed by atoms with Gasteiger partial charge in [0, 0.05) is 34.1 Å². The van der Waals surface area contributed by atoms with Gasteiger partial charge in [-0.05, 0) is 59.8 Å². The molecule has 5 aromatic rings. The van der Waals surface area contributed by atoms with Gasteiger partial charge < -0.3 is 9.72 Å². The summed E-state index contributed by atoms with van der Waals surface area (Å²) in [4.78, 5) is 18.7. The van der Waals surface area contributed by atoms with Gasteiger partial charge in [-0.25, -0.2) is 4.98 Å². The maximum absolute atomic E-state index is 12.8. The van der Waals surface area contributed by atoms with Crippen LogP contribution in [0.5, 0.6) is 0 Å². The molecule has 0 spiro atoms. The average Bonchev–Trinajstić information content (AvgIpc) is 3.45. The third-order valence-corrected chi connectivity index (χ3v) is 6.02. The molecule has 0 bridgehead atoms. The maximum atomic E-state index is 12.8. The summed E-state index contributed by atoms with van der Waals surface area (Å²) in [6.07, 6.45) is 3.97. The SMILES string of the molecule is Cc1ccc(-c2cn3ccccc3n2)cc1NC(=O)c1ccc(-c2cccs2)cc1. The van der Waals surface area contributed by atoms with Crippen molar-refractivity contribution >= 4 is 28.6 Å². The van der Waals surface area contributed by atoms with Gasteiger partial charge in [-0.3, -0.25) is 4.79 Å². The highest BCUT2D eigenvalue weighted by atomic mass is 32.1. The number of amides is 1. The molecule has 146 valence electrons. The van der Waals surface area contributed by atoms with Crippen LogP contribution in [0.1, 0.15) is 15.9 Å². The monoisotopic (exact) mass is 409 g/mol. The predicted molar refractivity (Wildman–Crippen MR) is 123 cm³/mol. The van der Waals surface area contributed by atoms with Crippen LogP contribution in [-0.2, 0) is 0 Å². The Bertz CT molecular complexity index is 1300. The van der Waals surface area contributed by atoms with E-state index in [2.05, 4.69) is 21.7 Å². The largest absolute Gasteiger partial charge is 0.322 e. The van der Waals surface area contributed by atoms with Gasteiger partial charge in [0.15, 0.2) is 0 Å². The van der Waals surface area contributed by atoms with Crippen LogP contribution in [0.15, 0.2) is 90.6 Å². The van der Waals surface area contributed by atoms with Crippen molar-refractivity contribution in [1.82, 2.24) is 9.38 Å². The van der Waals surface area contributed by atoms with E-state index in [9.17, 15) is 4.79 Å². The van der Waals surface area contributed by atoms with Gasteiger partial charge in [-0.1, -0.05) is 36.4 Å². The van der Waals surface area contributed by atoms with E-state index in [4.69, 9.17) is 0 Å². The van der Waals surface area contributed by atoms with E-state index in [1.807, 2.05) is 90.4 Å². The summed E-state index contributed by atoms with van der Waals surface area (Å²) >= 11 is 1.69. The van der Waals surface area contributed by atoms with Gasteiger partial charge >= 0.3 is 0 Å². The van der Waals surface area contributed by atoms with Crippen molar-refractivity contribution in [3.05, 3.63) is 102 Å². The van der Waals surface area contributed by atoms with Crippen molar-refractivity contribution in [2.24, 2.45) is 0 Å². The number of rotatable bonds is 4. The minimum absolute atomic E-state index is 0.122. The van der Waals surface area contributed by atoms with Gasteiger partial charge in [0.1, 0.15) is 5.65 Å². The number of thiophene rings is 1. The molecule has 0 fully saturated rings. The smallest absolute Gasteiger partial charge is 0.255 e. The Morgan fingerprint density at radius 2 is 1.80 bits per heavy atom. The van der Waals surface area contributed by atoms with Crippen molar-refractivity contribution in [3.63, 3.8) is 0 Å². The average molecular weight is 410 g/mol. The minimum Gasteiger partial charge on any atom is -0.322 e. The van der Waals surface area contributed by atoms with Crippen LogP contribution in [0.4, 0.5) is 5.69 Å². The molecule has 0 aliphatic carbocycles. The molecule has 0 radical (unpaired) electrons. The fourth-order valence-corrected chi connectivity index (χ4v) is 4.15. The fraction of sp³-hybridized carbons (Fsp3) is 0.0400. The van der Waals surface area contributed by atoms with Crippen LogP contribution in [0.3, 0.4) is 0 Å². The zero-order valence-corrected chi connectivity index (χ0v) is 17.2. The van der Waals surface area contributed by atoms with Crippen LogP contribution in [0.2, 0.25) is 0 Å². The van der Waals surface area contributed by atoms with Crippen LogP contribution >= 0.6 is 11.3 Å². The Morgan fingerprint density at radius 3 is 2.57 bits per heavy atom. The molecule has 0 aliphatic rings. The number of aromatic nitrogens is 2. The van der Waals surface area contributed by atoms with Gasteiger partial charge in [0.05, 0.1) is 5.69 Å². The number of hydrogen-bond acceptors (Lipinski definition) is 3. The quantitative estimate of drug-likeness (QED) is 0.379. The first kappa shape index (κ1) is 18.3. The van der Waals surface area contributed by atoms with E-state index < -0.39 is 0 Å². The molecule has 1 amide bonds. The summed E-state index contributed by atoms with van der Waals surface area (Å²) in [7, 11) is 0. The van der Waals surface area contributed by atoms with Gasteiger partial charge in [-0.15, -0.1) is 11.3 Å². The molecule has 0 saturated heterocycles. The second kappa shape index (κ2) is 7.61. The number of carbonyl (C=O) groups is 1. The lowest BCUT2D eigenvalue weighted by molar-refractivity contribution is 0.102. The van der Waals surface area contributed by atoms with Crippen LogP contribution in [0.25, 0.3) is 27.3 Å². The van der Waals surface area contributed by atoms with E-state index in [1.54, 1.807) is 11.3 Å². The van der Waals surface area contributed by atoms with Crippen molar-refractivity contribution in [2.45, 2.75) is 6.92 Å². The van der Waals surface area contributed by atoms with Crippen molar-refractivity contribution < 1.29 is 4.79 Å². The van der Waals surface area contributed by atoms with Crippen molar-refractivity contribution in [3.8, 4) is 21.7 Å². The fourth-order valence-electron chi connectivity index (χ4n) is 3.41. The highest BCUT2D eigenvalue weighted by Gasteiger charge is 2.11. The molecule has 5 heteroatoms. The number of hydrogen-bond donors (Lipinski definition) is 1. The molecule has 3 aromatic heterocycles. The van der Waals surface area contributed by atoms with E-state index in [0.29, 0.717) is 5.56 Å². The van der Waals surface area contributed by atoms with Crippen LogP contribution < -0.4 is 5.32 Å². The topological polar surface area (TPSA) is 46.4 Å². The van der Waals surface area contributed by atoms with E-state index in [-0.39, 0.29) is 5.91 Å². The highest BCUT2D eigenvalue weighted by molar-refractivity contribution is 7.13. The summed E-state index contributed by atoms with van der Waals surface area (Å²) in [5.41, 5.74) is 6.27. The molecule has 3 heterocycles. The molecule has 1 N–H and O–H groups in total. The normalized spacial score (nSPS) is 11.0. The Labute approximate surface area is 178 Å². The molecule has 30 heavy (non-hydrogen) atoms. The summed E-state index contributed by atoms with van der Waals surface area (Å²) in [6.45, 7) is 1.99. The Hall–Kier alpha value is -3.70. The molecule has 4 nitrogen and oxygen atoms in total. The number of benzene rings is 2. The standard InChI is InChI=1S/C25H19N3OS/c1-17-7-8-20(22-16-28-13-3-2-6-24(28)26-22)15-21(17)27-25(29)19-11-9-18(10-12-19)23-5-4-14-30-23/h2-16H,1H3,(H,27,29). The second-order valence-corrected chi connectivity index (χ2v) is 8.08. The molecule has 2 aromatic carbocycles.